The first-order valence-electron chi connectivity index (χ1n) is 5.52. The summed E-state index contributed by atoms with van der Waals surface area (Å²) in [4.78, 5) is 11.4. The van der Waals surface area contributed by atoms with E-state index in [2.05, 4.69) is 14.8 Å². The molecule has 106 valence electrons. The van der Waals surface area contributed by atoms with Crippen LogP contribution in [0.15, 0.2) is 18.2 Å². The average Bonchev–Trinajstić information content (AvgIpc) is 2.39. The number of anilines is 2. The first-order valence-corrected chi connectivity index (χ1v) is 7.18. The minimum absolute atomic E-state index is 0.0680. The molecule has 0 saturated heterocycles. The number of hydrogen-bond acceptors (Lipinski definition) is 6. The van der Waals surface area contributed by atoms with Crippen molar-refractivity contribution < 1.29 is 17.9 Å². The zero-order valence-electron chi connectivity index (χ0n) is 10.8. The Bertz CT molecular complexity index is 557. The number of nitrogen functional groups attached to an aromatic ring is 1. The number of nitrogens with two attached hydrogens (primary N) is 1. The van der Waals surface area contributed by atoms with Crippen molar-refractivity contribution in [1.82, 2.24) is 4.72 Å². The van der Waals surface area contributed by atoms with Crippen LogP contribution in [0, 0.1) is 0 Å². The number of carbonyl (C=O) groups is 1. The number of nitrogens with one attached hydrogen (secondary N) is 2. The number of rotatable bonds is 6. The number of esters is 1. The Morgan fingerprint density at radius 2 is 2.11 bits per heavy atom. The van der Waals surface area contributed by atoms with Gasteiger partial charge >= 0.3 is 5.97 Å². The topological polar surface area (TPSA) is 111 Å². The van der Waals surface area contributed by atoms with Gasteiger partial charge in [-0.25, -0.2) is 17.9 Å². The SMILES string of the molecule is CNS(=O)(=O)CCNc1ccc(N)c(C(=O)OC)c1. The van der Waals surface area contributed by atoms with Gasteiger partial charge in [-0.2, -0.15) is 0 Å². The second-order valence-electron chi connectivity index (χ2n) is 3.74. The number of ether oxygens (including phenoxy) is 1. The predicted octanol–water partition coefficient (Wildman–Crippen LogP) is 0.0165. The van der Waals surface area contributed by atoms with E-state index in [0.717, 1.165) is 0 Å². The molecule has 0 atom stereocenters. The van der Waals surface area contributed by atoms with E-state index in [1.807, 2.05) is 0 Å². The third kappa shape index (κ3) is 4.42. The van der Waals surface area contributed by atoms with E-state index in [4.69, 9.17) is 5.73 Å². The van der Waals surface area contributed by atoms with E-state index < -0.39 is 16.0 Å². The first-order chi connectivity index (χ1) is 8.89. The van der Waals surface area contributed by atoms with Gasteiger partial charge in [-0.15, -0.1) is 0 Å². The minimum Gasteiger partial charge on any atom is -0.465 e. The van der Waals surface area contributed by atoms with Crippen LogP contribution in [0.2, 0.25) is 0 Å². The Morgan fingerprint density at radius 3 is 2.68 bits per heavy atom. The Labute approximate surface area is 112 Å². The fraction of sp³-hybridized carbons (Fsp3) is 0.364. The average molecular weight is 287 g/mol. The summed E-state index contributed by atoms with van der Waals surface area (Å²) in [6.45, 7) is 0.216. The maximum atomic E-state index is 11.4. The maximum Gasteiger partial charge on any atom is 0.340 e. The van der Waals surface area contributed by atoms with E-state index in [0.29, 0.717) is 11.4 Å². The summed E-state index contributed by atoms with van der Waals surface area (Å²) >= 11 is 0. The van der Waals surface area contributed by atoms with Gasteiger partial charge in [0, 0.05) is 17.9 Å². The summed E-state index contributed by atoms with van der Waals surface area (Å²) in [7, 11) is -0.637. The fourth-order valence-electron chi connectivity index (χ4n) is 1.38. The Kier molecular flexibility index (Phi) is 5.13. The normalized spacial score (nSPS) is 11.1. The number of hydrogen-bond donors (Lipinski definition) is 3. The Hall–Kier alpha value is -1.80. The zero-order chi connectivity index (χ0) is 14.5. The largest absolute Gasteiger partial charge is 0.465 e. The summed E-state index contributed by atoms with van der Waals surface area (Å²) in [5.41, 5.74) is 6.79. The van der Waals surface area contributed by atoms with E-state index in [1.165, 1.54) is 20.2 Å². The summed E-state index contributed by atoms with van der Waals surface area (Å²) in [6, 6.07) is 4.74. The van der Waals surface area contributed by atoms with E-state index in [1.54, 1.807) is 12.1 Å². The summed E-state index contributed by atoms with van der Waals surface area (Å²) in [5, 5.41) is 2.90. The monoisotopic (exact) mass is 287 g/mol. The van der Waals surface area contributed by atoms with Crippen LogP contribution in [0.1, 0.15) is 10.4 Å². The molecule has 0 bridgehead atoms. The van der Waals surface area contributed by atoms with Gasteiger partial charge in [-0.3, -0.25) is 0 Å². The van der Waals surface area contributed by atoms with E-state index in [-0.39, 0.29) is 17.9 Å². The van der Waals surface area contributed by atoms with Crippen LogP contribution in [-0.2, 0) is 14.8 Å². The molecular weight excluding hydrogens is 270 g/mol. The Balaban J connectivity index is 2.73. The van der Waals surface area contributed by atoms with Crippen molar-refractivity contribution in [3.8, 4) is 0 Å². The van der Waals surface area contributed by atoms with Gasteiger partial charge in [0.2, 0.25) is 10.0 Å². The van der Waals surface area contributed by atoms with Crippen molar-refractivity contribution in [2.45, 2.75) is 0 Å². The van der Waals surface area contributed by atoms with Crippen molar-refractivity contribution in [3.63, 3.8) is 0 Å². The standard InChI is InChI=1S/C11H17N3O4S/c1-13-19(16,17)6-5-14-8-3-4-10(12)9(7-8)11(15)18-2/h3-4,7,13-14H,5-6,12H2,1-2H3. The second-order valence-corrected chi connectivity index (χ2v) is 5.79. The minimum atomic E-state index is -3.26. The molecule has 19 heavy (non-hydrogen) atoms. The van der Waals surface area contributed by atoms with E-state index >= 15 is 0 Å². The summed E-state index contributed by atoms with van der Waals surface area (Å²) in [5.74, 6) is -0.606. The zero-order valence-corrected chi connectivity index (χ0v) is 11.6. The van der Waals surface area contributed by atoms with Gasteiger partial charge in [-0.05, 0) is 25.2 Å². The lowest BCUT2D eigenvalue weighted by Crippen LogP contribution is -2.26. The van der Waals surface area contributed by atoms with Crippen LogP contribution in [-0.4, -0.2) is 40.8 Å². The third-order valence-corrected chi connectivity index (χ3v) is 3.83. The molecule has 0 amide bonds. The van der Waals surface area contributed by atoms with Gasteiger partial charge in [0.15, 0.2) is 0 Å². The molecule has 0 unspecified atom stereocenters. The molecule has 0 aromatic heterocycles. The molecule has 0 fully saturated rings. The molecule has 1 aromatic carbocycles. The summed E-state index contributed by atoms with van der Waals surface area (Å²) < 4.78 is 29.2. The molecular formula is C11H17N3O4S. The van der Waals surface area contributed by atoms with Crippen molar-refractivity contribution in [1.29, 1.82) is 0 Å². The van der Waals surface area contributed by atoms with E-state index in [9.17, 15) is 13.2 Å². The van der Waals surface area contributed by atoms with Crippen LogP contribution in [0.3, 0.4) is 0 Å². The predicted molar refractivity (Wildman–Crippen MR) is 73.5 cm³/mol. The molecule has 7 nitrogen and oxygen atoms in total. The van der Waals surface area contributed by atoms with Gasteiger partial charge in [0.05, 0.1) is 18.4 Å². The third-order valence-electron chi connectivity index (χ3n) is 2.47. The second kappa shape index (κ2) is 6.39. The van der Waals surface area contributed by atoms with Gasteiger partial charge in [-0.1, -0.05) is 0 Å². The van der Waals surface area contributed by atoms with Crippen LogP contribution < -0.4 is 15.8 Å². The number of benzene rings is 1. The highest BCUT2D eigenvalue weighted by atomic mass is 32.2. The molecule has 4 N–H and O–H groups in total. The van der Waals surface area contributed by atoms with Gasteiger partial charge in [0.25, 0.3) is 0 Å². The van der Waals surface area contributed by atoms with Crippen LogP contribution in [0.25, 0.3) is 0 Å². The molecule has 1 rings (SSSR count). The maximum absolute atomic E-state index is 11.4. The molecule has 0 radical (unpaired) electrons. The lowest BCUT2D eigenvalue weighted by Gasteiger charge is -2.09. The molecule has 0 aliphatic carbocycles. The fourth-order valence-corrected chi connectivity index (χ4v) is 1.96. The molecule has 0 aliphatic heterocycles. The lowest BCUT2D eigenvalue weighted by atomic mass is 10.1. The highest BCUT2D eigenvalue weighted by molar-refractivity contribution is 7.89. The first kappa shape index (κ1) is 15.3. The van der Waals surface area contributed by atoms with Gasteiger partial charge < -0.3 is 15.8 Å². The number of carbonyl (C=O) groups excluding carboxylic acids is 1. The van der Waals surface area contributed by atoms with Crippen LogP contribution in [0.5, 0.6) is 0 Å². The van der Waals surface area contributed by atoms with Crippen molar-refractivity contribution in [2.24, 2.45) is 0 Å². The molecule has 8 heteroatoms. The highest BCUT2D eigenvalue weighted by Gasteiger charge is 2.11. The molecule has 0 heterocycles. The van der Waals surface area contributed by atoms with Crippen molar-refractivity contribution in [3.05, 3.63) is 23.8 Å². The number of methoxy groups -OCH3 is 1. The van der Waals surface area contributed by atoms with Crippen LogP contribution >= 0.6 is 0 Å². The molecule has 1 aromatic rings. The Morgan fingerprint density at radius 1 is 1.42 bits per heavy atom. The molecule has 0 saturated carbocycles. The smallest absolute Gasteiger partial charge is 0.340 e. The van der Waals surface area contributed by atoms with Crippen molar-refractivity contribution >= 4 is 27.4 Å². The number of sulfonamides is 1. The quantitative estimate of drug-likeness (QED) is 0.502. The molecule has 0 aliphatic rings. The van der Waals surface area contributed by atoms with Crippen molar-refractivity contribution in [2.75, 3.05) is 37.5 Å². The highest BCUT2D eigenvalue weighted by Crippen LogP contribution is 2.18. The van der Waals surface area contributed by atoms with Crippen LogP contribution in [0.4, 0.5) is 11.4 Å². The summed E-state index contributed by atoms with van der Waals surface area (Å²) in [6.07, 6.45) is 0. The van der Waals surface area contributed by atoms with Gasteiger partial charge in [0.1, 0.15) is 0 Å². The lowest BCUT2D eigenvalue weighted by molar-refractivity contribution is 0.0602. The molecule has 0 spiro atoms.